The molecule has 1 aromatic carbocycles. The molecule has 1 heterocycles. The number of aromatic hydroxyl groups is 1. The summed E-state index contributed by atoms with van der Waals surface area (Å²) in [5.41, 5.74) is 0.0265. The SMILES string of the molecule is CCn1nc(C)c(S(=O)(=O)Nc2cc(Cl)c(O)c(Cl)c2)c1F. The molecule has 0 atom stereocenters. The molecule has 1 aromatic heterocycles. The molecule has 0 aliphatic heterocycles. The van der Waals surface area contributed by atoms with E-state index in [0.717, 1.165) is 16.8 Å². The normalized spacial score (nSPS) is 11.7. The third-order valence-corrected chi connectivity index (χ3v) is 4.93. The lowest BCUT2D eigenvalue weighted by atomic mass is 10.3. The van der Waals surface area contributed by atoms with Crippen LogP contribution in [-0.2, 0) is 16.6 Å². The van der Waals surface area contributed by atoms with Crippen LogP contribution in [0.15, 0.2) is 17.0 Å². The van der Waals surface area contributed by atoms with Gasteiger partial charge in [-0.1, -0.05) is 23.2 Å². The highest BCUT2D eigenvalue weighted by Gasteiger charge is 2.27. The summed E-state index contributed by atoms with van der Waals surface area (Å²) in [5, 5.41) is 13.0. The van der Waals surface area contributed by atoms with E-state index in [2.05, 4.69) is 9.82 Å². The van der Waals surface area contributed by atoms with Gasteiger partial charge in [0.2, 0.25) is 5.95 Å². The van der Waals surface area contributed by atoms with Crippen LogP contribution in [0.5, 0.6) is 5.75 Å². The van der Waals surface area contributed by atoms with Crippen LogP contribution < -0.4 is 4.72 Å². The third kappa shape index (κ3) is 2.99. The van der Waals surface area contributed by atoms with Crippen LogP contribution in [0.1, 0.15) is 12.6 Å². The Morgan fingerprint density at radius 2 is 1.91 bits per heavy atom. The Morgan fingerprint density at radius 1 is 1.36 bits per heavy atom. The summed E-state index contributed by atoms with van der Waals surface area (Å²) in [6.07, 6.45) is 0. The highest BCUT2D eigenvalue weighted by molar-refractivity contribution is 7.92. The second kappa shape index (κ2) is 5.94. The van der Waals surface area contributed by atoms with Crippen LogP contribution in [0.25, 0.3) is 0 Å². The second-order valence-corrected chi connectivity index (χ2v) is 6.85. The Hall–Kier alpha value is -1.51. The van der Waals surface area contributed by atoms with Gasteiger partial charge in [0, 0.05) is 6.54 Å². The summed E-state index contributed by atoms with van der Waals surface area (Å²) < 4.78 is 41.9. The summed E-state index contributed by atoms with van der Waals surface area (Å²) >= 11 is 11.4. The number of aromatic nitrogens is 2. The molecule has 0 amide bonds. The van der Waals surface area contributed by atoms with Crippen LogP contribution in [0.3, 0.4) is 0 Å². The molecule has 2 aromatic rings. The van der Waals surface area contributed by atoms with Crippen molar-refractivity contribution in [3.8, 4) is 5.75 Å². The molecular formula is C12H12Cl2FN3O3S. The van der Waals surface area contributed by atoms with E-state index in [-0.39, 0.29) is 33.7 Å². The highest BCUT2D eigenvalue weighted by atomic mass is 35.5. The van der Waals surface area contributed by atoms with Gasteiger partial charge in [-0.15, -0.1) is 0 Å². The molecule has 0 radical (unpaired) electrons. The van der Waals surface area contributed by atoms with Crippen molar-refractivity contribution < 1.29 is 17.9 Å². The number of sulfonamides is 1. The predicted molar refractivity (Wildman–Crippen MR) is 81.5 cm³/mol. The number of phenols is 1. The number of halogens is 3. The van der Waals surface area contributed by atoms with Crippen molar-refractivity contribution >= 4 is 38.9 Å². The maximum Gasteiger partial charge on any atom is 0.268 e. The fraction of sp³-hybridized carbons (Fsp3) is 0.250. The molecule has 6 nitrogen and oxygen atoms in total. The van der Waals surface area contributed by atoms with Crippen LogP contribution >= 0.6 is 23.2 Å². The molecule has 22 heavy (non-hydrogen) atoms. The van der Waals surface area contributed by atoms with Crippen LogP contribution in [0.4, 0.5) is 10.1 Å². The number of rotatable bonds is 4. The molecule has 2 N–H and O–H groups in total. The van der Waals surface area contributed by atoms with Gasteiger partial charge in [-0.3, -0.25) is 4.72 Å². The van der Waals surface area contributed by atoms with E-state index in [4.69, 9.17) is 23.2 Å². The molecule has 120 valence electrons. The smallest absolute Gasteiger partial charge is 0.268 e. The fourth-order valence-corrected chi connectivity index (χ4v) is 3.66. The number of nitrogens with zero attached hydrogens (tertiary/aromatic N) is 2. The molecule has 0 fully saturated rings. The van der Waals surface area contributed by atoms with E-state index in [0.29, 0.717) is 0 Å². The molecule has 0 spiro atoms. The van der Waals surface area contributed by atoms with E-state index in [1.807, 2.05) is 0 Å². The minimum Gasteiger partial charge on any atom is -0.505 e. The quantitative estimate of drug-likeness (QED) is 0.812. The first-order chi connectivity index (χ1) is 10.2. The summed E-state index contributed by atoms with van der Waals surface area (Å²) in [7, 11) is -4.22. The summed E-state index contributed by atoms with van der Waals surface area (Å²) in [4.78, 5) is -0.547. The Labute approximate surface area is 136 Å². The molecule has 0 saturated heterocycles. The number of benzene rings is 1. The minimum atomic E-state index is -4.22. The first kappa shape index (κ1) is 16.9. The number of nitrogens with one attached hydrogen (secondary N) is 1. The number of aryl methyl sites for hydroxylation is 2. The molecular weight excluding hydrogens is 356 g/mol. The van der Waals surface area contributed by atoms with Crippen molar-refractivity contribution in [1.29, 1.82) is 0 Å². The van der Waals surface area contributed by atoms with E-state index in [1.54, 1.807) is 6.92 Å². The molecule has 0 saturated carbocycles. The van der Waals surface area contributed by atoms with Crippen molar-refractivity contribution in [3.63, 3.8) is 0 Å². The summed E-state index contributed by atoms with van der Waals surface area (Å²) in [6, 6.07) is 2.33. The van der Waals surface area contributed by atoms with Gasteiger partial charge < -0.3 is 5.11 Å². The van der Waals surface area contributed by atoms with Crippen LogP contribution in [-0.4, -0.2) is 23.3 Å². The Balaban J connectivity index is 2.47. The predicted octanol–water partition coefficient (Wildman–Crippen LogP) is 3.16. The first-order valence-electron chi connectivity index (χ1n) is 6.11. The average molecular weight is 368 g/mol. The summed E-state index contributed by atoms with van der Waals surface area (Å²) in [6.45, 7) is 3.22. The molecule has 0 aliphatic carbocycles. The van der Waals surface area contributed by atoms with Crippen molar-refractivity contribution in [3.05, 3.63) is 33.8 Å². The van der Waals surface area contributed by atoms with Crippen molar-refractivity contribution in [1.82, 2.24) is 9.78 Å². The van der Waals surface area contributed by atoms with Crippen molar-refractivity contribution in [2.75, 3.05) is 4.72 Å². The number of hydrogen-bond acceptors (Lipinski definition) is 4. The highest BCUT2D eigenvalue weighted by Crippen LogP contribution is 2.35. The Kier molecular flexibility index (Phi) is 4.55. The zero-order valence-electron chi connectivity index (χ0n) is 11.6. The van der Waals surface area contributed by atoms with Crippen molar-refractivity contribution in [2.45, 2.75) is 25.3 Å². The first-order valence-corrected chi connectivity index (χ1v) is 8.35. The molecule has 10 heteroatoms. The fourth-order valence-electron chi connectivity index (χ4n) is 1.88. The van der Waals surface area contributed by atoms with Crippen molar-refractivity contribution in [2.24, 2.45) is 0 Å². The maximum absolute atomic E-state index is 14.1. The van der Waals surface area contributed by atoms with E-state index in [9.17, 15) is 17.9 Å². The van der Waals surface area contributed by atoms with Gasteiger partial charge in [0.05, 0.1) is 21.4 Å². The lowest BCUT2D eigenvalue weighted by Gasteiger charge is -2.09. The average Bonchev–Trinajstić information content (AvgIpc) is 2.70. The van der Waals surface area contributed by atoms with Crippen LogP contribution in [0, 0.1) is 12.9 Å². The zero-order valence-corrected chi connectivity index (χ0v) is 13.9. The molecule has 0 aliphatic rings. The topological polar surface area (TPSA) is 84.2 Å². The standard InChI is InChI=1S/C12H12Cl2FN3O3S/c1-3-18-12(15)11(6(2)16-18)22(20,21)17-7-4-8(13)10(19)9(14)5-7/h4-5,17,19H,3H2,1-2H3. The third-order valence-electron chi connectivity index (χ3n) is 2.85. The lowest BCUT2D eigenvalue weighted by Crippen LogP contribution is -2.15. The largest absolute Gasteiger partial charge is 0.505 e. The van der Waals surface area contributed by atoms with Crippen LogP contribution in [0.2, 0.25) is 10.0 Å². The second-order valence-electron chi connectivity index (χ2n) is 4.42. The maximum atomic E-state index is 14.1. The summed E-state index contributed by atoms with van der Waals surface area (Å²) in [5.74, 6) is -1.32. The molecule has 0 bridgehead atoms. The van der Waals surface area contributed by atoms with Gasteiger partial charge in [0.25, 0.3) is 10.0 Å². The zero-order chi connectivity index (χ0) is 16.7. The number of anilines is 1. The van der Waals surface area contributed by atoms with Gasteiger partial charge in [-0.25, -0.2) is 13.1 Å². The van der Waals surface area contributed by atoms with Gasteiger partial charge in [-0.05, 0) is 26.0 Å². The van der Waals surface area contributed by atoms with E-state index in [1.165, 1.54) is 6.92 Å². The number of phenolic OH excluding ortho intramolecular Hbond substituents is 1. The number of hydrogen-bond donors (Lipinski definition) is 2. The molecule has 0 unspecified atom stereocenters. The van der Waals surface area contributed by atoms with Gasteiger partial charge in [-0.2, -0.15) is 9.49 Å². The van der Waals surface area contributed by atoms with E-state index >= 15 is 0 Å². The molecule has 2 rings (SSSR count). The van der Waals surface area contributed by atoms with E-state index < -0.39 is 20.9 Å². The Morgan fingerprint density at radius 3 is 2.36 bits per heavy atom. The van der Waals surface area contributed by atoms with Gasteiger partial charge >= 0.3 is 0 Å². The van der Waals surface area contributed by atoms with Gasteiger partial charge in [0.1, 0.15) is 0 Å². The monoisotopic (exact) mass is 367 g/mol. The lowest BCUT2D eigenvalue weighted by molar-refractivity contribution is 0.454. The Bertz CT molecular complexity index is 813. The van der Waals surface area contributed by atoms with Gasteiger partial charge in [0.15, 0.2) is 10.6 Å². The minimum absolute atomic E-state index is 0.00384.